The minimum atomic E-state index is -0.407. The van der Waals surface area contributed by atoms with Crippen molar-refractivity contribution in [2.24, 2.45) is 0 Å². The topological polar surface area (TPSA) is 26.3 Å². The molecular weight excluding hydrogens is 200 g/mol. The van der Waals surface area contributed by atoms with Gasteiger partial charge in [-0.3, -0.25) is 0 Å². The van der Waals surface area contributed by atoms with E-state index in [1.54, 1.807) is 6.08 Å². The summed E-state index contributed by atoms with van der Waals surface area (Å²) in [5.41, 5.74) is 1.01. The summed E-state index contributed by atoms with van der Waals surface area (Å²) in [6, 6.07) is 7.40. The van der Waals surface area contributed by atoms with E-state index in [4.69, 9.17) is 16.3 Å². The van der Waals surface area contributed by atoms with Gasteiger partial charge in [0.05, 0.1) is 0 Å². The molecule has 0 fully saturated rings. The van der Waals surface area contributed by atoms with Crippen LogP contribution in [-0.2, 0) is 9.53 Å². The lowest BCUT2D eigenvalue weighted by molar-refractivity contribution is -0.116. The third-order valence-electron chi connectivity index (χ3n) is 2.11. The third-order valence-corrected chi connectivity index (χ3v) is 2.36. The highest BCUT2D eigenvalue weighted by atomic mass is 35.5. The van der Waals surface area contributed by atoms with E-state index in [0.717, 1.165) is 11.8 Å². The van der Waals surface area contributed by atoms with Crippen LogP contribution in [0.2, 0.25) is 5.02 Å². The number of hydrogen-bond donors (Lipinski definition) is 0. The number of benzene rings is 1. The molecule has 2 rings (SSSR count). The fourth-order valence-corrected chi connectivity index (χ4v) is 1.52. The number of ether oxygens (including phenoxy) is 1. The Bertz CT molecular complexity index is 356. The van der Waals surface area contributed by atoms with Crippen molar-refractivity contribution in [2.75, 3.05) is 0 Å². The summed E-state index contributed by atoms with van der Waals surface area (Å²) in [6.45, 7) is 0. The standard InChI is InChI=1S/C11H9ClO2/c12-9-3-1-8(2-4-9)11-6-5-10(7-13)14-11/h1-7,10-11H. The molecule has 2 unspecified atom stereocenters. The van der Waals surface area contributed by atoms with E-state index < -0.39 is 6.10 Å². The summed E-state index contributed by atoms with van der Waals surface area (Å²) < 4.78 is 5.41. The maximum atomic E-state index is 10.4. The maximum absolute atomic E-state index is 10.4. The van der Waals surface area contributed by atoms with Crippen LogP contribution in [0.25, 0.3) is 0 Å². The van der Waals surface area contributed by atoms with Gasteiger partial charge in [0, 0.05) is 5.02 Å². The Kier molecular flexibility index (Phi) is 2.66. The Morgan fingerprint density at radius 3 is 2.50 bits per heavy atom. The van der Waals surface area contributed by atoms with Crippen LogP contribution in [-0.4, -0.2) is 12.4 Å². The first kappa shape index (κ1) is 9.44. The van der Waals surface area contributed by atoms with Crippen molar-refractivity contribution in [2.45, 2.75) is 12.2 Å². The zero-order valence-corrected chi connectivity index (χ0v) is 8.15. The van der Waals surface area contributed by atoms with Crippen LogP contribution in [0.1, 0.15) is 11.7 Å². The molecule has 0 amide bonds. The van der Waals surface area contributed by atoms with Crippen LogP contribution < -0.4 is 0 Å². The Labute approximate surface area is 87.1 Å². The molecule has 0 bridgehead atoms. The SMILES string of the molecule is O=CC1C=CC(c2ccc(Cl)cc2)O1. The predicted molar refractivity (Wildman–Crippen MR) is 54.3 cm³/mol. The van der Waals surface area contributed by atoms with Gasteiger partial charge in [-0.25, -0.2) is 0 Å². The molecule has 1 aromatic carbocycles. The summed E-state index contributed by atoms with van der Waals surface area (Å²) >= 11 is 5.76. The number of rotatable bonds is 2. The molecule has 0 radical (unpaired) electrons. The minimum absolute atomic E-state index is 0.123. The van der Waals surface area contributed by atoms with E-state index in [1.807, 2.05) is 30.3 Å². The molecule has 0 saturated carbocycles. The van der Waals surface area contributed by atoms with Gasteiger partial charge in [-0.05, 0) is 23.8 Å². The summed E-state index contributed by atoms with van der Waals surface area (Å²) in [5, 5.41) is 0.697. The predicted octanol–water partition coefficient (Wildman–Crippen LogP) is 2.54. The van der Waals surface area contributed by atoms with Crippen LogP contribution in [0.5, 0.6) is 0 Å². The van der Waals surface area contributed by atoms with Gasteiger partial charge in [0.25, 0.3) is 0 Å². The minimum Gasteiger partial charge on any atom is -0.355 e. The van der Waals surface area contributed by atoms with Crippen molar-refractivity contribution in [3.8, 4) is 0 Å². The maximum Gasteiger partial charge on any atom is 0.152 e. The molecule has 1 heterocycles. The molecule has 1 aliphatic heterocycles. The van der Waals surface area contributed by atoms with Crippen LogP contribution in [0.4, 0.5) is 0 Å². The second-order valence-electron chi connectivity index (χ2n) is 3.09. The highest BCUT2D eigenvalue weighted by Crippen LogP contribution is 2.26. The van der Waals surface area contributed by atoms with E-state index in [0.29, 0.717) is 5.02 Å². The van der Waals surface area contributed by atoms with Gasteiger partial charge >= 0.3 is 0 Å². The van der Waals surface area contributed by atoms with Gasteiger partial charge in [-0.1, -0.05) is 29.8 Å². The van der Waals surface area contributed by atoms with Crippen molar-refractivity contribution in [1.29, 1.82) is 0 Å². The Morgan fingerprint density at radius 1 is 1.21 bits per heavy atom. The highest BCUT2D eigenvalue weighted by Gasteiger charge is 2.19. The van der Waals surface area contributed by atoms with E-state index >= 15 is 0 Å². The summed E-state index contributed by atoms with van der Waals surface area (Å²) in [6.07, 6.45) is 3.89. The zero-order valence-electron chi connectivity index (χ0n) is 7.39. The molecule has 1 aliphatic rings. The summed E-state index contributed by atoms with van der Waals surface area (Å²) in [4.78, 5) is 10.4. The largest absolute Gasteiger partial charge is 0.355 e. The van der Waals surface area contributed by atoms with Gasteiger partial charge in [0.1, 0.15) is 12.2 Å². The van der Waals surface area contributed by atoms with Gasteiger partial charge in [-0.15, -0.1) is 0 Å². The van der Waals surface area contributed by atoms with Gasteiger partial charge in [-0.2, -0.15) is 0 Å². The number of halogens is 1. The van der Waals surface area contributed by atoms with Crippen molar-refractivity contribution in [3.63, 3.8) is 0 Å². The molecular formula is C11H9ClO2. The van der Waals surface area contributed by atoms with E-state index in [2.05, 4.69) is 0 Å². The Morgan fingerprint density at radius 2 is 1.93 bits per heavy atom. The first-order chi connectivity index (χ1) is 6.79. The average Bonchev–Trinajstić information content (AvgIpc) is 2.67. The fourth-order valence-electron chi connectivity index (χ4n) is 1.39. The number of carbonyl (C=O) groups excluding carboxylic acids is 1. The normalized spacial score (nSPS) is 25.2. The highest BCUT2D eigenvalue weighted by molar-refractivity contribution is 6.30. The van der Waals surface area contributed by atoms with Crippen molar-refractivity contribution in [1.82, 2.24) is 0 Å². The molecule has 2 atom stereocenters. The second kappa shape index (κ2) is 3.95. The second-order valence-corrected chi connectivity index (χ2v) is 3.53. The Balaban J connectivity index is 2.14. The molecule has 0 spiro atoms. The van der Waals surface area contributed by atoms with E-state index in [-0.39, 0.29) is 6.10 Å². The monoisotopic (exact) mass is 208 g/mol. The first-order valence-corrected chi connectivity index (χ1v) is 4.72. The van der Waals surface area contributed by atoms with Crippen molar-refractivity contribution >= 4 is 17.9 Å². The van der Waals surface area contributed by atoms with Crippen molar-refractivity contribution in [3.05, 3.63) is 47.0 Å². The fraction of sp³-hybridized carbons (Fsp3) is 0.182. The zero-order chi connectivity index (χ0) is 9.97. The molecule has 72 valence electrons. The van der Waals surface area contributed by atoms with E-state index in [1.165, 1.54) is 0 Å². The lowest BCUT2D eigenvalue weighted by Gasteiger charge is -2.10. The number of aldehydes is 1. The first-order valence-electron chi connectivity index (χ1n) is 4.34. The van der Waals surface area contributed by atoms with Gasteiger partial charge in [0.15, 0.2) is 6.29 Å². The smallest absolute Gasteiger partial charge is 0.152 e. The molecule has 0 aromatic heterocycles. The van der Waals surface area contributed by atoms with Gasteiger partial charge < -0.3 is 9.53 Å². The summed E-state index contributed by atoms with van der Waals surface area (Å²) in [5.74, 6) is 0. The lowest BCUT2D eigenvalue weighted by Crippen LogP contribution is -2.07. The molecule has 1 aromatic rings. The van der Waals surface area contributed by atoms with Crippen LogP contribution in [0, 0.1) is 0 Å². The van der Waals surface area contributed by atoms with Crippen LogP contribution in [0.15, 0.2) is 36.4 Å². The third kappa shape index (κ3) is 1.86. The molecule has 0 saturated heterocycles. The van der Waals surface area contributed by atoms with Crippen LogP contribution in [0.3, 0.4) is 0 Å². The number of carbonyl (C=O) groups is 1. The Hall–Kier alpha value is -1.12. The molecule has 3 heteroatoms. The van der Waals surface area contributed by atoms with Crippen molar-refractivity contribution < 1.29 is 9.53 Å². The lowest BCUT2D eigenvalue weighted by atomic mass is 10.1. The van der Waals surface area contributed by atoms with Crippen LogP contribution >= 0.6 is 11.6 Å². The molecule has 2 nitrogen and oxygen atoms in total. The molecule has 0 N–H and O–H groups in total. The van der Waals surface area contributed by atoms with Gasteiger partial charge in [0.2, 0.25) is 0 Å². The molecule has 0 aliphatic carbocycles. The quantitative estimate of drug-likeness (QED) is 0.552. The average molecular weight is 209 g/mol. The molecule has 14 heavy (non-hydrogen) atoms. The number of hydrogen-bond acceptors (Lipinski definition) is 2. The summed E-state index contributed by atoms with van der Waals surface area (Å²) in [7, 11) is 0. The van der Waals surface area contributed by atoms with E-state index in [9.17, 15) is 4.79 Å².